The van der Waals surface area contributed by atoms with Crippen molar-refractivity contribution in [3.63, 3.8) is 0 Å². The summed E-state index contributed by atoms with van der Waals surface area (Å²) >= 11 is 1.66. The molecule has 3 heterocycles. The van der Waals surface area contributed by atoms with Gasteiger partial charge >= 0.3 is 0 Å². The second-order valence-electron chi connectivity index (χ2n) is 8.24. The first kappa shape index (κ1) is 20.4. The molecule has 31 heavy (non-hydrogen) atoms. The van der Waals surface area contributed by atoms with Gasteiger partial charge in [-0.05, 0) is 29.8 Å². The van der Waals surface area contributed by atoms with Gasteiger partial charge in [-0.15, -0.1) is 11.3 Å². The molecule has 1 amide bonds. The van der Waals surface area contributed by atoms with Crippen molar-refractivity contribution in [2.75, 3.05) is 39.3 Å². The smallest absolute Gasteiger partial charge is 0.253 e. The van der Waals surface area contributed by atoms with Crippen molar-refractivity contribution in [2.24, 2.45) is 0 Å². The Labute approximate surface area is 187 Å². The molecule has 1 aromatic heterocycles. The molecule has 2 aromatic carbocycles. The van der Waals surface area contributed by atoms with Gasteiger partial charge in [-0.2, -0.15) is 0 Å². The molecule has 2 fully saturated rings. The summed E-state index contributed by atoms with van der Waals surface area (Å²) in [6, 6.07) is 24.4. The molecule has 0 radical (unpaired) electrons. The highest BCUT2D eigenvalue weighted by Gasteiger charge is 2.37. The minimum Gasteiger partial charge on any atom is -0.373 e. The number of nitrogens with zero attached hydrogens (tertiary/aromatic N) is 3. The van der Waals surface area contributed by atoms with E-state index in [0.29, 0.717) is 6.04 Å². The Balaban J connectivity index is 1.12. The van der Waals surface area contributed by atoms with E-state index in [4.69, 9.17) is 0 Å². The van der Waals surface area contributed by atoms with E-state index >= 15 is 0 Å². The molecular formula is C25H27N3O2S. The zero-order valence-corrected chi connectivity index (χ0v) is 18.2. The van der Waals surface area contributed by atoms with Crippen LogP contribution in [-0.2, 0) is 0 Å². The third kappa shape index (κ3) is 4.29. The molecule has 1 atom stereocenters. The van der Waals surface area contributed by atoms with Crippen LogP contribution in [0.4, 0.5) is 0 Å². The molecule has 0 saturated carbocycles. The molecule has 1 unspecified atom stereocenters. The monoisotopic (exact) mass is 433 g/mol. The van der Waals surface area contributed by atoms with Crippen molar-refractivity contribution in [1.29, 1.82) is 0 Å². The Morgan fingerprint density at radius 3 is 2.19 bits per heavy atom. The molecule has 0 aliphatic carbocycles. The molecule has 3 aromatic rings. The molecule has 0 bridgehead atoms. The Morgan fingerprint density at radius 2 is 1.52 bits per heavy atom. The highest BCUT2D eigenvalue weighted by molar-refractivity contribution is 7.15. The van der Waals surface area contributed by atoms with Crippen LogP contribution in [0.1, 0.15) is 21.5 Å². The first-order valence-corrected chi connectivity index (χ1v) is 11.7. The number of rotatable bonds is 5. The van der Waals surface area contributed by atoms with Gasteiger partial charge in [0.2, 0.25) is 0 Å². The van der Waals surface area contributed by atoms with Crippen LogP contribution in [0.2, 0.25) is 0 Å². The topological polar surface area (TPSA) is 47.0 Å². The molecule has 2 aliphatic rings. The minimum absolute atomic E-state index is 0.123. The minimum atomic E-state index is -0.542. The lowest BCUT2D eigenvalue weighted by Gasteiger charge is -2.49. The Hall–Kier alpha value is -2.51. The SMILES string of the molecule is O=C(c1ccccc1)N1CCN(C2CN(C(O)c3ccc(-c4ccccc4)s3)C2)CC1. The number of hydrogen-bond donors (Lipinski definition) is 1. The molecular weight excluding hydrogens is 406 g/mol. The third-order valence-electron chi connectivity index (χ3n) is 6.31. The van der Waals surface area contributed by atoms with Crippen molar-refractivity contribution in [2.45, 2.75) is 12.3 Å². The molecule has 5 nitrogen and oxygen atoms in total. The van der Waals surface area contributed by atoms with E-state index in [0.717, 1.165) is 49.7 Å². The van der Waals surface area contributed by atoms with E-state index in [2.05, 4.69) is 28.0 Å². The Kier molecular flexibility index (Phi) is 5.87. The van der Waals surface area contributed by atoms with Gasteiger partial charge in [0.1, 0.15) is 6.23 Å². The van der Waals surface area contributed by atoms with Crippen LogP contribution in [0.25, 0.3) is 10.4 Å². The second-order valence-corrected chi connectivity index (χ2v) is 9.36. The zero-order valence-electron chi connectivity index (χ0n) is 17.4. The molecule has 2 aliphatic heterocycles. The summed E-state index contributed by atoms with van der Waals surface area (Å²) in [4.78, 5) is 21.4. The number of piperazine rings is 1. The van der Waals surface area contributed by atoms with E-state index in [1.165, 1.54) is 10.4 Å². The van der Waals surface area contributed by atoms with Crippen molar-refractivity contribution >= 4 is 17.2 Å². The lowest BCUT2D eigenvalue weighted by atomic mass is 10.0. The Morgan fingerprint density at radius 1 is 0.871 bits per heavy atom. The first-order chi connectivity index (χ1) is 15.2. The third-order valence-corrected chi connectivity index (χ3v) is 7.49. The number of hydrogen-bond acceptors (Lipinski definition) is 5. The number of carbonyl (C=O) groups excluding carboxylic acids is 1. The highest BCUT2D eigenvalue weighted by atomic mass is 32.1. The summed E-state index contributed by atoms with van der Waals surface area (Å²) in [5.74, 6) is 0.123. The van der Waals surface area contributed by atoms with Crippen LogP contribution in [0, 0.1) is 0 Å². The van der Waals surface area contributed by atoms with Gasteiger partial charge in [-0.25, -0.2) is 0 Å². The summed E-state index contributed by atoms with van der Waals surface area (Å²) in [7, 11) is 0. The fraction of sp³-hybridized carbons (Fsp3) is 0.320. The van der Waals surface area contributed by atoms with E-state index in [9.17, 15) is 9.90 Å². The van der Waals surface area contributed by atoms with Crippen LogP contribution in [0.15, 0.2) is 72.8 Å². The number of aliphatic hydroxyl groups excluding tert-OH is 1. The van der Waals surface area contributed by atoms with Crippen LogP contribution in [0.5, 0.6) is 0 Å². The van der Waals surface area contributed by atoms with Crippen LogP contribution in [0.3, 0.4) is 0 Å². The second kappa shape index (κ2) is 8.93. The maximum atomic E-state index is 12.6. The number of thiophene rings is 1. The summed E-state index contributed by atoms with van der Waals surface area (Å²) in [6.45, 7) is 5.05. The summed E-state index contributed by atoms with van der Waals surface area (Å²) in [6.07, 6.45) is -0.542. The molecule has 160 valence electrons. The molecule has 1 N–H and O–H groups in total. The largest absolute Gasteiger partial charge is 0.373 e. The average Bonchev–Trinajstić information content (AvgIpc) is 3.30. The molecule has 5 rings (SSSR count). The van der Waals surface area contributed by atoms with E-state index in [1.807, 2.05) is 59.5 Å². The fourth-order valence-corrected chi connectivity index (χ4v) is 5.44. The van der Waals surface area contributed by atoms with Crippen molar-refractivity contribution in [1.82, 2.24) is 14.7 Å². The number of amides is 1. The fourth-order valence-electron chi connectivity index (χ4n) is 4.40. The molecule has 2 saturated heterocycles. The summed E-state index contributed by atoms with van der Waals surface area (Å²) < 4.78 is 0. The maximum Gasteiger partial charge on any atom is 0.253 e. The van der Waals surface area contributed by atoms with Crippen molar-refractivity contribution in [3.8, 4) is 10.4 Å². The van der Waals surface area contributed by atoms with Gasteiger partial charge in [0.25, 0.3) is 5.91 Å². The predicted octanol–water partition coefficient (Wildman–Crippen LogP) is 3.55. The predicted molar refractivity (Wildman–Crippen MR) is 124 cm³/mol. The van der Waals surface area contributed by atoms with Crippen LogP contribution < -0.4 is 0 Å². The van der Waals surface area contributed by atoms with Gasteiger partial charge in [-0.1, -0.05) is 48.5 Å². The quantitative estimate of drug-likeness (QED) is 0.669. The lowest BCUT2D eigenvalue weighted by molar-refractivity contribution is -0.0867. The van der Waals surface area contributed by atoms with E-state index in [-0.39, 0.29) is 5.91 Å². The van der Waals surface area contributed by atoms with Crippen molar-refractivity contribution < 1.29 is 9.90 Å². The van der Waals surface area contributed by atoms with Gasteiger partial charge in [0, 0.05) is 60.6 Å². The van der Waals surface area contributed by atoms with Crippen molar-refractivity contribution in [3.05, 3.63) is 83.2 Å². The molecule has 0 spiro atoms. The highest BCUT2D eigenvalue weighted by Crippen LogP contribution is 2.35. The number of carbonyl (C=O) groups is 1. The Bertz CT molecular complexity index is 1010. The summed E-state index contributed by atoms with van der Waals surface area (Å²) in [5.41, 5.74) is 1.95. The average molecular weight is 434 g/mol. The van der Waals surface area contributed by atoms with Gasteiger partial charge in [0.15, 0.2) is 0 Å². The van der Waals surface area contributed by atoms with Gasteiger partial charge < -0.3 is 10.0 Å². The first-order valence-electron chi connectivity index (χ1n) is 10.8. The lowest BCUT2D eigenvalue weighted by Crippen LogP contribution is -2.63. The van der Waals surface area contributed by atoms with E-state index < -0.39 is 6.23 Å². The number of benzene rings is 2. The van der Waals surface area contributed by atoms with E-state index in [1.54, 1.807) is 11.3 Å². The normalized spacial score (nSPS) is 19.2. The standard InChI is InChI=1S/C25H27N3O2S/c29-24(20-9-5-2-6-10-20)27-15-13-26(14-16-27)21-17-28(18-21)25(30)23-12-11-22(31-23)19-7-3-1-4-8-19/h1-12,21,25,30H,13-18H2. The zero-order chi connectivity index (χ0) is 21.2. The van der Waals surface area contributed by atoms with Gasteiger partial charge in [-0.3, -0.25) is 14.6 Å². The maximum absolute atomic E-state index is 12.6. The number of likely N-dealkylation sites (tertiary alicyclic amines) is 1. The van der Waals surface area contributed by atoms with Crippen LogP contribution >= 0.6 is 11.3 Å². The van der Waals surface area contributed by atoms with Crippen LogP contribution in [-0.4, -0.2) is 71.0 Å². The molecule has 6 heteroatoms. The van der Waals surface area contributed by atoms with Gasteiger partial charge in [0.05, 0.1) is 0 Å². The number of aliphatic hydroxyl groups is 1. The summed E-state index contributed by atoms with van der Waals surface area (Å²) in [5, 5.41) is 10.8.